The monoisotopic (exact) mass is 306 g/mol. The molecule has 0 aromatic carbocycles. The second-order valence-corrected chi connectivity index (χ2v) is 7.57. The fourth-order valence-corrected chi connectivity index (χ4v) is 2.67. The van der Waals surface area contributed by atoms with Crippen LogP contribution in [0.4, 0.5) is 0 Å². The van der Waals surface area contributed by atoms with Gasteiger partial charge in [0.05, 0.1) is 4.88 Å². The minimum atomic E-state index is 0.100. The molecule has 0 unspecified atom stereocenters. The highest BCUT2D eigenvalue weighted by atomic mass is 35.5. The number of aromatic nitrogens is 1. The fourth-order valence-electron chi connectivity index (χ4n) is 1.33. The number of hydrogen-bond acceptors (Lipinski definition) is 3. The van der Waals surface area contributed by atoms with Gasteiger partial charge in [0, 0.05) is 12.1 Å². The highest BCUT2D eigenvalue weighted by Gasteiger charge is 2.13. The molecule has 1 heterocycles. The third-order valence-corrected chi connectivity index (χ3v) is 3.97. The number of rotatable bonds is 4. The van der Waals surface area contributed by atoms with Crippen molar-refractivity contribution in [3.8, 4) is 0 Å². The Bertz CT molecular complexity index is 431. The van der Waals surface area contributed by atoms with Crippen molar-refractivity contribution in [2.45, 2.75) is 40.2 Å². The maximum absolute atomic E-state index is 6.03. The van der Waals surface area contributed by atoms with Crippen LogP contribution in [-0.4, -0.2) is 17.1 Å². The topological polar surface area (TPSA) is 24.9 Å². The summed E-state index contributed by atoms with van der Waals surface area (Å²) in [6.07, 6.45) is 2.09. The summed E-state index contributed by atoms with van der Waals surface area (Å²) in [5.41, 5.74) is 1.40. The molecule has 18 heavy (non-hydrogen) atoms. The Morgan fingerprint density at radius 3 is 2.39 bits per heavy atom. The molecule has 0 fully saturated rings. The van der Waals surface area contributed by atoms with Crippen molar-refractivity contribution >= 4 is 40.6 Å². The average molecular weight is 307 g/mol. The van der Waals surface area contributed by atoms with Crippen LogP contribution in [0.15, 0.2) is 5.57 Å². The SMILES string of the molecule is CC(C)C(=Cc1sc(Cl)nc1Cl)CNC(C)(C)C. The van der Waals surface area contributed by atoms with Gasteiger partial charge in [0.25, 0.3) is 0 Å². The Morgan fingerprint density at radius 2 is 2.00 bits per heavy atom. The lowest BCUT2D eigenvalue weighted by molar-refractivity contribution is 0.437. The van der Waals surface area contributed by atoms with Crippen LogP contribution in [-0.2, 0) is 0 Å². The Balaban J connectivity index is 2.88. The second-order valence-electron chi connectivity index (χ2n) is 5.60. The van der Waals surface area contributed by atoms with E-state index in [4.69, 9.17) is 23.2 Å². The van der Waals surface area contributed by atoms with Crippen LogP contribution in [0.1, 0.15) is 39.5 Å². The van der Waals surface area contributed by atoms with E-state index in [-0.39, 0.29) is 5.54 Å². The first kappa shape index (κ1) is 16.0. The highest BCUT2D eigenvalue weighted by molar-refractivity contribution is 7.17. The molecule has 0 aliphatic heterocycles. The number of halogens is 2. The molecule has 0 bridgehead atoms. The maximum atomic E-state index is 6.03. The van der Waals surface area contributed by atoms with Gasteiger partial charge in [0.15, 0.2) is 4.47 Å². The zero-order valence-corrected chi connectivity index (χ0v) is 13.8. The van der Waals surface area contributed by atoms with Gasteiger partial charge < -0.3 is 5.32 Å². The van der Waals surface area contributed by atoms with E-state index in [0.717, 1.165) is 11.4 Å². The lowest BCUT2D eigenvalue weighted by Gasteiger charge is -2.23. The molecule has 0 amide bonds. The third-order valence-electron chi connectivity index (χ3n) is 2.46. The Kier molecular flexibility index (Phi) is 5.66. The average Bonchev–Trinajstić information content (AvgIpc) is 2.50. The summed E-state index contributed by atoms with van der Waals surface area (Å²) < 4.78 is 0.484. The second kappa shape index (κ2) is 6.38. The summed E-state index contributed by atoms with van der Waals surface area (Å²) in [6.45, 7) is 11.6. The molecule has 1 aromatic heterocycles. The summed E-state index contributed by atoms with van der Waals surface area (Å²) in [7, 11) is 0. The zero-order chi connectivity index (χ0) is 13.9. The standard InChI is InChI=1S/C13H20Cl2N2S/c1-8(2)9(7-16-13(3,4)5)6-10-11(14)17-12(15)18-10/h6,8,16H,7H2,1-5H3. The predicted molar refractivity (Wildman–Crippen MR) is 82.7 cm³/mol. The first-order valence-electron chi connectivity index (χ1n) is 5.96. The van der Waals surface area contributed by atoms with Crippen LogP contribution in [0.5, 0.6) is 0 Å². The lowest BCUT2D eigenvalue weighted by atomic mass is 10.0. The fraction of sp³-hybridized carbons (Fsp3) is 0.615. The number of nitrogens with zero attached hydrogens (tertiary/aromatic N) is 1. The van der Waals surface area contributed by atoms with Crippen molar-refractivity contribution in [2.24, 2.45) is 5.92 Å². The van der Waals surface area contributed by atoms with E-state index in [1.807, 2.05) is 0 Å². The number of nitrogens with one attached hydrogen (secondary N) is 1. The van der Waals surface area contributed by atoms with Crippen molar-refractivity contribution in [3.63, 3.8) is 0 Å². The summed E-state index contributed by atoms with van der Waals surface area (Å²) in [5, 5.41) is 3.97. The summed E-state index contributed by atoms with van der Waals surface area (Å²) in [6, 6.07) is 0. The van der Waals surface area contributed by atoms with Crippen LogP contribution >= 0.6 is 34.5 Å². The third kappa shape index (κ3) is 5.27. The van der Waals surface area contributed by atoms with Gasteiger partial charge in [-0.05, 0) is 32.8 Å². The largest absolute Gasteiger partial charge is 0.308 e. The normalized spacial score (nSPS) is 13.4. The molecule has 102 valence electrons. The van der Waals surface area contributed by atoms with Crippen LogP contribution in [0.3, 0.4) is 0 Å². The predicted octanol–water partition coefficient (Wildman–Crippen LogP) is 4.88. The molecule has 1 rings (SSSR count). The Hall–Kier alpha value is -0.0900. The van der Waals surface area contributed by atoms with Crippen LogP contribution in [0.25, 0.3) is 6.08 Å². The number of hydrogen-bond donors (Lipinski definition) is 1. The maximum Gasteiger partial charge on any atom is 0.185 e. The van der Waals surface area contributed by atoms with E-state index in [0.29, 0.717) is 15.5 Å². The molecular formula is C13H20Cl2N2S. The van der Waals surface area contributed by atoms with Crippen molar-refractivity contribution in [1.82, 2.24) is 10.3 Å². The van der Waals surface area contributed by atoms with Gasteiger partial charge >= 0.3 is 0 Å². The molecule has 2 nitrogen and oxygen atoms in total. The van der Waals surface area contributed by atoms with E-state index in [9.17, 15) is 0 Å². The van der Waals surface area contributed by atoms with Gasteiger partial charge in [0.2, 0.25) is 0 Å². The van der Waals surface area contributed by atoms with Crippen molar-refractivity contribution in [3.05, 3.63) is 20.1 Å². The molecule has 0 radical (unpaired) electrons. The molecule has 0 aliphatic rings. The van der Waals surface area contributed by atoms with Crippen molar-refractivity contribution in [2.75, 3.05) is 6.54 Å². The molecule has 0 atom stereocenters. The van der Waals surface area contributed by atoms with Gasteiger partial charge in [-0.15, -0.1) is 11.3 Å². The molecule has 0 aliphatic carbocycles. The quantitative estimate of drug-likeness (QED) is 0.857. The lowest BCUT2D eigenvalue weighted by Crippen LogP contribution is -2.37. The van der Waals surface area contributed by atoms with E-state index in [1.165, 1.54) is 16.9 Å². The zero-order valence-electron chi connectivity index (χ0n) is 11.5. The molecular weight excluding hydrogens is 287 g/mol. The summed E-state index contributed by atoms with van der Waals surface area (Å²) in [4.78, 5) is 4.95. The van der Waals surface area contributed by atoms with Crippen LogP contribution in [0, 0.1) is 5.92 Å². The van der Waals surface area contributed by atoms with E-state index < -0.39 is 0 Å². The molecule has 0 saturated heterocycles. The van der Waals surface area contributed by atoms with E-state index in [2.05, 4.69) is 51.0 Å². The van der Waals surface area contributed by atoms with Gasteiger partial charge in [0.1, 0.15) is 5.15 Å². The minimum Gasteiger partial charge on any atom is -0.308 e. The van der Waals surface area contributed by atoms with E-state index in [1.54, 1.807) is 0 Å². The molecule has 0 saturated carbocycles. The van der Waals surface area contributed by atoms with Crippen LogP contribution < -0.4 is 5.32 Å². The van der Waals surface area contributed by atoms with Gasteiger partial charge in [-0.3, -0.25) is 0 Å². The first-order valence-corrected chi connectivity index (χ1v) is 7.53. The van der Waals surface area contributed by atoms with Crippen molar-refractivity contribution < 1.29 is 0 Å². The molecule has 5 heteroatoms. The van der Waals surface area contributed by atoms with Gasteiger partial charge in [-0.1, -0.05) is 42.6 Å². The smallest absolute Gasteiger partial charge is 0.185 e. The first-order chi connectivity index (χ1) is 8.19. The van der Waals surface area contributed by atoms with E-state index >= 15 is 0 Å². The van der Waals surface area contributed by atoms with Crippen LogP contribution in [0.2, 0.25) is 9.62 Å². The summed E-state index contributed by atoms with van der Waals surface area (Å²) >= 11 is 13.3. The minimum absolute atomic E-state index is 0.100. The van der Waals surface area contributed by atoms with Crippen molar-refractivity contribution in [1.29, 1.82) is 0 Å². The van der Waals surface area contributed by atoms with Gasteiger partial charge in [-0.2, -0.15) is 0 Å². The highest BCUT2D eigenvalue weighted by Crippen LogP contribution is 2.29. The Morgan fingerprint density at radius 1 is 1.39 bits per heavy atom. The molecule has 0 spiro atoms. The molecule has 1 N–H and O–H groups in total. The number of thiazole rings is 1. The Labute approximate surface area is 123 Å². The summed E-state index contributed by atoms with van der Waals surface area (Å²) in [5.74, 6) is 0.455. The molecule has 1 aromatic rings. The van der Waals surface area contributed by atoms with Gasteiger partial charge in [-0.25, -0.2) is 4.98 Å².